The first-order chi connectivity index (χ1) is 14.2. The van der Waals surface area contributed by atoms with E-state index in [4.69, 9.17) is 4.74 Å². The van der Waals surface area contributed by atoms with Gasteiger partial charge in [-0.25, -0.2) is 4.39 Å². The van der Waals surface area contributed by atoms with Crippen molar-refractivity contribution in [2.75, 3.05) is 31.6 Å². The highest BCUT2D eigenvalue weighted by molar-refractivity contribution is 5.99. The summed E-state index contributed by atoms with van der Waals surface area (Å²) in [6.45, 7) is 4.18. The molecule has 0 spiro atoms. The van der Waals surface area contributed by atoms with E-state index in [9.17, 15) is 9.18 Å². The highest BCUT2D eigenvalue weighted by atomic mass is 19.1. The molecule has 2 fully saturated rings. The van der Waals surface area contributed by atoms with Crippen LogP contribution in [0.4, 0.5) is 10.1 Å². The summed E-state index contributed by atoms with van der Waals surface area (Å²) in [6, 6.07) is 14.5. The van der Waals surface area contributed by atoms with E-state index in [1.54, 1.807) is 6.07 Å². The van der Waals surface area contributed by atoms with Crippen molar-refractivity contribution in [3.8, 4) is 0 Å². The molecule has 4 rings (SSSR count). The lowest BCUT2D eigenvalue weighted by Crippen LogP contribution is -2.45. The molecule has 1 amide bonds. The zero-order valence-corrected chi connectivity index (χ0v) is 16.8. The second kappa shape index (κ2) is 9.06. The topological polar surface area (TPSA) is 41.6 Å². The van der Waals surface area contributed by atoms with E-state index < -0.39 is 5.41 Å². The Kier molecular flexibility index (Phi) is 6.26. The van der Waals surface area contributed by atoms with E-state index in [0.29, 0.717) is 26.1 Å². The molecule has 1 N–H and O–H groups in total. The zero-order valence-electron chi connectivity index (χ0n) is 16.8. The lowest BCUT2D eigenvalue weighted by Gasteiger charge is -2.36. The summed E-state index contributed by atoms with van der Waals surface area (Å²) < 4.78 is 19.4. The molecule has 0 unspecified atom stereocenters. The Morgan fingerprint density at radius 2 is 1.79 bits per heavy atom. The first-order valence-electron chi connectivity index (χ1n) is 10.6. The number of hydrogen-bond donors (Lipinski definition) is 1. The standard InChI is InChI=1S/C24H29FN2O2/c25-21-8-5-7-20(17-21)24(10-14-29-15-11-24)23(28)26-22-9-4-6-19(16-22)18-27-12-2-1-3-13-27/h4-9,16-17H,1-3,10-15,18H2,(H,26,28). The van der Waals surface area contributed by atoms with Crippen molar-refractivity contribution in [1.82, 2.24) is 4.90 Å². The van der Waals surface area contributed by atoms with Crippen LogP contribution in [0.3, 0.4) is 0 Å². The number of ether oxygens (including phenoxy) is 1. The van der Waals surface area contributed by atoms with Gasteiger partial charge in [-0.05, 0) is 74.2 Å². The van der Waals surface area contributed by atoms with Crippen LogP contribution < -0.4 is 5.32 Å². The van der Waals surface area contributed by atoms with Crippen molar-refractivity contribution < 1.29 is 13.9 Å². The fraction of sp³-hybridized carbons (Fsp3) is 0.458. The number of rotatable bonds is 5. The smallest absolute Gasteiger partial charge is 0.235 e. The number of hydrogen-bond acceptors (Lipinski definition) is 3. The second-order valence-corrected chi connectivity index (χ2v) is 8.20. The van der Waals surface area contributed by atoms with Gasteiger partial charge in [0.1, 0.15) is 5.82 Å². The Morgan fingerprint density at radius 3 is 2.55 bits per heavy atom. The summed E-state index contributed by atoms with van der Waals surface area (Å²) in [6.07, 6.45) is 4.94. The quantitative estimate of drug-likeness (QED) is 0.809. The number of nitrogens with zero attached hydrogens (tertiary/aromatic N) is 1. The number of benzene rings is 2. The van der Waals surface area contributed by atoms with Crippen LogP contribution in [0.5, 0.6) is 0 Å². The van der Waals surface area contributed by atoms with E-state index in [1.165, 1.54) is 37.0 Å². The molecule has 2 aromatic carbocycles. The Balaban J connectivity index is 1.52. The van der Waals surface area contributed by atoms with Crippen molar-refractivity contribution in [2.24, 2.45) is 0 Å². The van der Waals surface area contributed by atoms with Gasteiger partial charge in [0.25, 0.3) is 0 Å². The van der Waals surface area contributed by atoms with Gasteiger partial charge >= 0.3 is 0 Å². The molecule has 0 aliphatic carbocycles. The van der Waals surface area contributed by atoms with Crippen LogP contribution in [-0.2, 0) is 21.5 Å². The summed E-state index contributed by atoms with van der Waals surface area (Å²) in [7, 11) is 0. The molecule has 5 heteroatoms. The van der Waals surface area contributed by atoms with E-state index >= 15 is 0 Å². The third-order valence-electron chi connectivity index (χ3n) is 6.20. The normalized spacial score (nSPS) is 19.6. The molecule has 2 aliphatic rings. The van der Waals surface area contributed by atoms with Gasteiger partial charge in [0.2, 0.25) is 5.91 Å². The number of piperidine rings is 1. The minimum Gasteiger partial charge on any atom is -0.381 e. The molecule has 29 heavy (non-hydrogen) atoms. The van der Waals surface area contributed by atoms with Crippen LogP contribution in [0.2, 0.25) is 0 Å². The highest BCUT2D eigenvalue weighted by Crippen LogP contribution is 2.36. The number of halogens is 1. The maximum absolute atomic E-state index is 13.9. The van der Waals surface area contributed by atoms with Crippen LogP contribution in [0, 0.1) is 5.82 Å². The third-order valence-corrected chi connectivity index (χ3v) is 6.20. The molecule has 4 nitrogen and oxygen atoms in total. The molecular formula is C24H29FN2O2. The van der Waals surface area contributed by atoms with Crippen molar-refractivity contribution in [3.05, 3.63) is 65.5 Å². The minimum atomic E-state index is -0.761. The van der Waals surface area contributed by atoms with Crippen molar-refractivity contribution in [2.45, 2.75) is 44.1 Å². The molecule has 0 atom stereocenters. The van der Waals surface area contributed by atoms with Gasteiger partial charge in [-0.3, -0.25) is 9.69 Å². The monoisotopic (exact) mass is 396 g/mol. The van der Waals surface area contributed by atoms with Crippen LogP contribution in [0.25, 0.3) is 0 Å². The van der Waals surface area contributed by atoms with Gasteiger partial charge in [0, 0.05) is 25.4 Å². The summed E-state index contributed by atoms with van der Waals surface area (Å²) >= 11 is 0. The predicted octanol–water partition coefficient (Wildman–Crippen LogP) is 4.50. The highest BCUT2D eigenvalue weighted by Gasteiger charge is 2.42. The number of nitrogens with one attached hydrogen (secondary N) is 1. The molecule has 2 aliphatic heterocycles. The van der Waals surface area contributed by atoms with Crippen molar-refractivity contribution in [3.63, 3.8) is 0 Å². The number of likely N-dealkylation sites (tertiary alicyclic amines) is 1. The van der Waals surface area contributed by atoms with Gasteiger partial charge in [-0.15, -0.1) is 0 Å². The Hall–Kier alpha value is -2.24. The third kappa shape index (κ3) is 4.68. The Bertz CT molecular complexity index is 842. The van der Waals surface area contributed by atoms with E-state index in [1.807, 2.05) is 18.2 Å². The van der Waals surface area contributed by atoms with Crippen molar-refractivity contribution in [1.29, 1.82) is 0 Å². The number of amides is 1. The first-order valence-corrected chi connectivity index (χ1v) is 10.6. The van der Waals surface area contributed by atoms with Crippen LogP contribution in [0.1, 0.15) is 43.2 Å². The molecule has 2 aromatic rings. The zero-order chi connectivity index (χ0) is 20.1. The van der Waals surface area contributed by atoms with Crippen molar-refractivity contribution >= 4 is 11.6 Å². The fourth-order valence-electron chi connectivity index (χ4n) is 4.53. The summed E-state index contributed by atoms with van der Waals surface area (Å²) in [5, 5.41) is 3.11. The number of anilines is 1. The van der Waals surface area contributed by atoms with Gasteiger partial charge in [0.15, 0.2) is 0 Å². The maximum Gasteiger partial charge on any atom is 0.235 e. The van der Waals surface area contributed by atoms with Crippen LogP contribution in [-0.4, -0.2) is 37.1 Å². The molecule has 0 bridgehead atoms. The van der Waals surface area contributed by atoms with E-state index in [0.717, 1.165) is 30.9 Å². The maximum atomic E-state index is 13.9. The van der Waals surface area contributed by atoms with Gasteiger partial charge in [-0.1, -0.05) is 30.7 Å². The molecule has 2 heterocycles. The van der Waals surface area contributed by atoms with Gasteiger partial charge in [0.05, 0.1) is 5.41 Å². The number of carbonyl (C=O) groups excluding carboxylic acids is 1. The summed E-state index contributed by atoms with van der Waals surface area (Å²) in [5.74, 6) is -0.397. The molecule has 0 aromatic heterocycles. The summed E-state index contributed by atoms with van der Waals surface area (Å²) in [4.78, 5) is 15.9. The Labute approximate surface area is 172 Å². The van der Waals surface area contributed by atoms with Gasteiger partial charge < -0.3 is 10.1 Å². The molecular weight excluding hydrogens is 367 g/mol. The molecule has 2 saturated heterocycles. The minimum absolute atomic E-state index is 0.0819. The molecule has 0 radical (unpaired) electrons. The summed E-state index contributed by atoms with van der Waals surface area (Å²) in [5.41, 5.74) is 1.97. The average Bonchev–Trinajstić information content (AvgIpc) is 2.75. The SMILES string of the molecule is O=C(Nc1cccc(CN2CCCCC2)c1)C1(c2cccc(F)c2)CCOCC1. The molecule has 0 saturated carbocycles. The predicted molar refractivity (Wildman–Crippen MR) is 112 cm³/mol. The average molecular weight is 397 g/mol. The lowest BCUT2D eigenvalue weighted by atomic mass is 9.73. The van der Waals surface area contributed by atoms with E-state index in [2.05, 4.69) is 22.3 Å². The Morgan fingerprint density at radius 1 is 1.03 bits per heavy atom. The van der Waals surface area contributed by atoms with Crippen LogP contribution >= 0.6 is 0 Å². The van der Waals surface area contributed by atoms with Gasteiger partial charge in [-0.2, -0.15) is 0 Å². The second-order valence-electron chi connectivity index (χ2n) is 8.20. The molecule has 154 valence electrons. The first kappa shape index (κ1) is 20.0. The van der Waals surface area contributed by atoms with Crippen LogP contribution in [0.15, 0.2) is 48.5 Å². The fourth-order valence-corrected chi connectivity index (χ4v) is 4.53. The van der Waals surface area contributed by atoms with E-state index in [-0.39, 0.29) is 11.7 Å². The largest absolute Gasteiger partial charge is 0.381 e. The lowest BCUT2D eigenvalue weighted by molar-refractivity contribution is -0.125. The number of carbonyl (C=O) groups is 1.